The summed E-state index contributed by atoms with van der Waals surface area (Å²) in [6, 6.07) is 3.86. The quantitative estimate of drug-likeness (QED) is 0.775. The maximum Gasteiger partial charge on any atom is 0.325 e. The van der Waals surface area contributed by atoms with Crippen LogP contribution in [-0.4, -0.2) is 34.7 Å². The van der Waals surface area contributed by atoms with Crippen molar-refractivity contribution in [3.05, 3.63) is 23.4 Å². The number of aromatic nitrogens is 1. The number of aliphatic carboxylic acids is 1. The van der Waals surface area contributed by atoms with Crippen LogP contribution in [0.1, 0.15) is 17.5 Å². The van der Waals surface area contributed by atoms with E-state index in [4.69, 9.17) is 16.1 Å². The average molecular weight is 246 g/mol. The van der Waals surface area contributed by atoms with Gasteiger partial charge in [0.2, 0.25) is 0 Å². The number of hydrogen-bond acceptors (Lipinski definition) is 5. The summed E-state index contributed by atoms with van der Waals surface area (Å²) in [6.07, 6.45) is 1.96. The number of aryl methyl sites for hydroxylation is 1. The van der Waals surface area contributed by atoms with Crippen LogP contribution in [-0.2, 0) is 4.79 Å². The smallest absolute Gasteiger partial charge is 0.325 e. The van der Waals surface area contributed by atoms with Gasteiger partial charge in [-0.05, 0) is 25.0 Å². The first-order valence-electron chi connectivity index (χ1n) is 5.61. The maximum absolute atomic E-state index is 11.1. The van der Waals surface area contributed by atoms with Crippen molar-refractivity contribution in [1.29, 1.82) is 5.26 Å². The molecule has 0 aliphatic carbocycles. The molecule has 1 aliphatic heterocycles. The summed E-state index contributed by atoms with van der Waals surface area (Å²) in [7, 11) is 0. The van der Waals surface area contributed by atoms with Gasteiger partial charge in [-0.2, -0.15) is 5.26 Å². The number of anilines is 1. The highest BCUT2D eigenvalue weighted by molar-refractivity contribution is 5.80. The number of rotatable bonds is 2. The first-order chi connectivity index (χ1) is 8.48. The molecule has 0 spiro atoms. The lowest BCUT2D eigenvalue weighted by atomic mass is 10.0. The molecule has 1 atom stereocenters. The molecule has 0 bridgehead atoms. The highest BCUT2D eigenvalue weighted by Crippen LogP contribution is 2.27. The second kappa shape index (κ2) is 4.27. The Bertz CT molecular complexity index is 537. The number of nitrogens with zero attached hydrogens (tertiary/aromatic N) is 3. The fraction of sp³-hybridized carbons (Fsp3) is 0.417. The van der Waals surface area contributed by atoms with Gasteiger partial charge in [-0.1, -0.05) is 0 Å². The fourth-order valence-electron chi connectivity index (χ4n) is 2.11. The Hall–Kier alpha value is -2.13. The van der Waals surface area contributed by atoms with Crippen LogP contribution in [0, 0.1) is 18.3 Å². The van der Waals surface area contributed by atoms with E-state index in [1.807, 2.05) is 6.92 Å². The molecule has 0 radical (unpaired) electrons. The molecule has 1 fully saturated rings. The minimum Gasteiger partial charge on any atom is -0.480 e. The van der Waals surface area contributed by atoms with E-state index in [1.54, 1.807) is 17.2 Å². The van der Waals surface area contributed by atoms with Crippen LogP contribution in [0.25, 0.3) is 0 Å². The van der Waals surface area contributed by atoms with Crippen LogP contribution in [0.3, 0.4) is 0 Å². The van der Waals surface area contributed by atoms with Gasteiger partial charge in [-0.25, -0.2) is 4.98 Å². The summed E-state index contributed by atoms with van der Waals surface area (Å²) < 4.78 is 0. The molecule has 94 valence electrons. The zero-order chi connectivity index (χ0) is 13.3. The molecule has 1 unspecified atom stereocenters. The first kappa shape index (κ1) is 12.3. The lowest BCUT2D eigenvalue weighted by Crippen LogP contribution is -2.50. The highest BCUT2D eigenvalue weighted by Gasteiger charge is 2.42. The van der Waals surface area contributed by atoms with Crippen molar-refractivity contribution in [1.82, 2.24) is 4.98 Å². The van der Waals surface area contributed by atoms with Crippen molar-refractivity contribution < 1.29 is 9.90 Å². The highest BCUT2D eigenvalue weighted by atomic mass is 16.4. The summed E-state index contributed by atoms with van der Waals surface area (Å²) in [5.74, 6) is -0.498. The molecule has 2 heterocycles. The lowest BCUT2D eigenvalue weighted by molar-refractivity contribution is -0.142. The minimum atomic E-state index is -1.25. The largest absolute Gasteiger partial charge is 0.480 e. The lowest BCUT2D eigenvalue weighted by Gasteiger charge is -2.21. The number of hydrogen-bond donors (Lipinski definition) is 2. The van der Waals surface area contributed by atoms with Gasteiger partial charge in [0.1, 0.15) is 17.4 Å². The molecule has 1 aromatic heterocycles. The Morgan fingerprint density at radius 3 is 3.00 bits per heavy atom. The number of carboxylic acids is 1. The van der Waals surface area contributed by atoms with Crippen LogP contribution in [0.15, 0.2) is 12.3 Å². The third-order valence-electron chi connectivity index (χ3n) is 3.28. The second-order valence-electron chi connectivity index (χ2n) is 4.57. The Morgan fingerprint density at radius 2 is 2.44 bits per heavy atom. The van der Waals surface area contributed by atoms with Gasteiger partial charge < -0.3 is 15.7 Å². The fourth-order valence-corrected chi connectivity index (χ4v) is 2.11. The zero-order valence-corrected chi connectivity index (χ0v) is 10.1. The van der Waals surface area contributed by atoms with E-state index < -0.39 is 11.5 Å². The van der Waals surface area contributed by atoms with Crippen molar-refractivity contribution >= 4 is 11.8 Å². The second-order valence-corrected chi connectivity index (χ2v) is 4.57. The van der Waals surface area contributed by atoms with Crippen molar-refractivity contribution in [2.75, 3.05) is 18.0 Å². The van der Waals surface area contributed by atoms with E-state index in [0.29, 0.717) is 24.3 Å². The van der Waals surface area contributed by atoms with Crippen LogP contribution >= 0.6 is 0 Å². The van der Waals surface area contributed by atoms with E-state index in [1.165, 1.54) is 0 Å². The van der Waals surface area contributed by atoms with E-state index in [9.17, 15) is 4.79 Å². The molecule has 18 heavy (non-hydrogen) atoms. The molecule has 1 saturated heterocycles. The van der Waals surface area contributed by atoms with Crippen LogP contribution in [0.2, 0.25) is 0 Å². The predicted molar refractivity (Wildman–Crippen MR) is 65.1 cm³/mol. The van der Waals surface area contributed by atoms with E-state index in [2.05, 4.69) is 11.1 Å². The Kier molecular flexibility index (Phi) is 2.93. The van der Waals surface area contributed by atoms with Crippen molar-refractivity contribution in [3.8, 4) is 6.07 Å². The molecule has 1 aromatic rings. The maximum atomic E-state index is 11.1. The Labute approximate surface area is 105 Å². The summed E-state index contributed by atoms with van der Waals surface area (Å²) in [5.41, 5.74) is 5.86. The number of nitrogens with two attached hydrogens (primary N) is 1. The van der Waals surface area contributed by atoms with Crippen LogP contribution < -0.4 is 10.6 Å². The van der Waals surface area contributed by atoms with E-state index in [0.717, 1.165) is 5.56 Å². The van der Waals surface area contributed by atoms with Gasteiger partial charge in [0.15, 0.2) is 0 Å². The van der Waals surface area contributed by atoms with Gasteiger partial charge in [0.05, 0.1) is 5.56 Å². The van der Waals surface area contributed by atoms with Crippen molar-refractivity contribution in [3.63, 3.8) is 0 Å². The predicted octanol–water partition coefficient (Wildman–Crippen LogP) is 0.254. The molecular weight excluding hydrogens is 232 g/mol. The van der Waals surface area contributed by atoms with Gasteiger partial charge >= 0.3 is 5.97 Å². The number of carbonyl (C=O) groups is 1. The third kappa shape index (κ3) is 1.89. The van der Waals surface area contributed by atoms with Gasteiger partial charge in [0, 0.05) is 19.3 Å². The molecular formula is C12H14N4O2. The van der Waals surface area contributed by atoms with Gasteiger partial charge in [-0.15, -0.1) is 0 Å². The van der Waals surface area contributed by atoms with E-state index in [-0.39, 0.29) is 6.54 Å². The Morgan fingerprint density at radius 1 is 1.72 bits per heavy atom. The van der Waals surface area contributed by atoms with Crippen molar-refractivity contribution in [2.45, 2.75) is 18.9 Å². The van der Waals surface area contributed by atoms with Gasteiger partial charge in [0.25, 0.3) is 0 Å². The molecule has 2 rings (SSSR count). The molecule has 3 N–H and O–H groups in total. The summed E-state index contributed by atoms with van der Waals surface area (Å²) in [4.78, 5) is 17.0. The number of carboxylic acid groups (broad SMARTS) is 1. The van der Waals surface area contributed by atoms with E-state index >= 15 is 0 Å². The zero-order valence-electron chi connectivity index (χ0n) is 10.1. The summed E-state index contributed by atoms with van der Waals surface area (Å²) in [6.45, 7) is 2.49. The normalized spacial score (nSPS) is 22.8. The molecule has 1 aliphatic rings. The Balaban J connectivity index is 2.34. The van der Waals surface area contributed by atoms with Crippen LogP contribution in [0.5, 0.6) is 0 Å². The van der Waals surface area contributed by atoms with Crippen LogP contribution in [0.4, 0.5) is 5.82 Å². The molecule has 0 amide bonds. The average Bonchev–Trinajstić information content (AvgIpc) is 2.73. The molecule has 0 saturated carbocycles. The van der Waals surface area contributed by atoms with Gasteiger partial charge in [-0.3, -0.25) is 4.79 Å². The first-order valence-corrected chi connectivity index (χ1v) is 5.61. The van der Waals surface area contributed by atoms with Crippen molar-refractivity contribution in [2.24, 2.45) is 5.73 Å². The summed E-state index contributed by atoms with van der Waals surface area (Å²) in [5, 5.41) is 18.2. The summed E-state index contributed by atoms with van der Waals surface area (Å²) >= 11 is 0. The molecule has 6 heteroatoms. The minimum absolute atomic E-state index is 0.174. The topological polar surface area (TPSA) is 103 Å². The standard InChI is InChI=1S/C12H14N4O2/c1-8-2-4-15-10(9(8)6-13)16-5-3-12(14,7-16)11(17)18/h2,4H,3,5,7,14H2,1H3,(H,17,18). The number of pyridine rings is 1. The SMILES string of the molecule is Cc1ccnc(N2CCC(N)(C(=O)O)C2)c1C#N. The third-order valence-corrected chi connectivity index (χ3v) is 3.28. The number of nitriles is 1. The molecule has 6 nitrogen and oxygen atoms in total. The monoisotopic (exact) mass is 246 g/mol. The molecule has 0 aromatic carbocycles.